The standard InChI is InChI=1S/C14H13F2N5O/c1-21-14-10(5-20-21)13(18-7-19-14)17-6-12(22)9-3-2-8(15)4-11(9)16/h2-5,7,12,22H,6H2,1H3,(H,17,18,19)/t12-/m0/s1. The number of aryl methyl sites for hydroxylation is 1. The van der Waals surface area contributed by atoms with Crippen molar-refractivity contribution in [1.29, 1.82) is 0 Å². The van der Waals surface area contributed by atoms with Crippen LogP contribution in [-0.2, 0) is 7.05 Å². The number of fused-ring (bicyclic) bond motifs is 1. The molecule has 2 aromatic heterocycles. The Morgan fingerprint density at radius 3 is 2.91 bits per heavy atom. The molecule has 1 atom stereocenters. The minimum atomic E-state index is -1.14. The molecule has 0 radical (unpaired) electrons. The fourth-order valence-corrected chi connectivity index (χ4v) is 2.18. The van der Waals surface area contributed by atoms with Crippen molar-refractivity contribution in [3.63, 3.8) is 0 Å². The number of aromatic nitrogens is 4. The summed E-state index contributed by atoms with van der Waals surface area (Å²) < 4.78 is 28.1. The molecule has 0 saturated heterocycles. The van der Waals surface area contributed by atoms with Crippen LogP contribution in [0.3, 0.4) is 0 Å². The maximum atomic E-state index is 13.6. The van der Waals surface area contributed by atoms with Gasteiger partial charge >= 0.3 is 0 Å². The molecule has 0 aliphatic heterocycles. The van der Waals surface area contributed by atoms with Gasteiger partial charge in [0.2, 0.25) is 0 Å². The number of nitrogens with zero attached hydrogens (tertiary/aromatic N) is 4. The molecule has 1 aromatic carbocycles. The first-order valence-corrected chi connectivity index (χ1v) is 6.56. The molecule has 0 bridgehead atoms. The maximum absolute atomic E-state index is 13.6. The van der Waals surface area contributed by atoms with Crippen molar-refractivity contribution in [2.24, 2.45) is 7.05 Å². The van der Waals surface area contributed by atoms with Crippen molar-refractivity contribution in [1.82, 2.24) is 19.7 Å². The van der Waals surface area contributed by atoms with Crippen LogP contribution in [0.4, 0.5) is 14.6 Å². The zero-order chi connectivity index (χ0) is 15.7. The molecule has 0 spiro atoms. The molecule has 114 valence electrons. The topological polar surface area (TPSA) is 75.9 Å². The van der Waals surface area contributed by atoms with E-state index in [9.17, 15) is 13.9 Å². The van der Waals surface area contributed by atoms with Gasteiger partial charge in [0.25, 0.3) is 0 Å². The monoisotopic (exact) mass is 305 g/mol. The van der Waals surface area contributed by atoms with E-state index < -0.39 is 17.7 Å². The fraction of sp³-hybridized carbons (Fsp3) is 0.214. The SMILES string of the molecule is Cn1ncc2c(NC[C@H](O)c3ccc(F)cc3F)ncnc21. The number of aliphatic hydroxyl groups excluding tert-OH is 1. The zero-order valence-electron chi connectivity index (χ0n) is 11.7. The normalized spacial score (nSPS) is 12.5. The molecule has 0 fully saturated rings. The molecule has 2 N–H and O–H groups in total. The van der Waals surface area contributed by atoms with Gasteiger partial charge in [0, 0.05) is 25.2 Å². The summed E-state index contributed by atoms with van der Waals surface area (Å²) in [6.07, 6.45) is 1.84. The molecule has 2 heterocycles. The van der Waals surface area contributed by atoms with Crippen molar-refractivity contribution in [3.8, 4) is 0 Å². The van der Waals surface area contributed by atoms with Gasteiger partial charge in [-0.05, 0) is 6.07 Å². The molecule has 0 aliphatic carbocycles. The lowest BCUT2D eigenvalue weighted by molar-refractivity contribution is 0.186. The van der Waals surface area contributed by atoms with E-state index >= 15 is 0 Å². The van der Waals surface area contributed by atoms with Crippen molar-refractivity contribution < 1.29 is 13.9 Å². The summed E-state index contributed by atoms with van der Waals surface area (Å²) in [4.78, 5) is 8.18. The average molecular weight is 305 g/mol. The smallest absolute Gasteiger partial charge is 0.163 e. The third-order valence-electron chi connectivity index (χ3n) is 3.31. The number of aliphatic hydroxyl groups is 1. The van der Waals surface area contributed by atoms with Gasteiger partial charge in [-0.2, -0.15) is 5.10 Å². The highest BCUT2D eigenvalue weighted by molar-refractivity contribution is 5.85. The van der Waals surface area contributed by atoms with Crippen molar-refractivity contribution >= 4 is 16.9 Å². The Balaban J connectivity index is 1.79. The third-order valence-corrected chi connectivity index (χ3v) is 3.31. The van der Waals surface area contributed by atoms with Crippen LogP contribution in [0.5, 0.6) is 0 Å². The van der Waals surface area contributed by atoms with E-state index in [1.807, 2.05) is 0 Å². The summed E-state index contributed by atoms with van der Waals surface area (Å²) in [7, 11) is 1.75. The minimum absolute atomic E-state index is 0.0174. The number of halogens is 2. The summed E-state index contributed by atoms with van der Waals surface area (Å²) >= 11 is 0. The Morgan fingerprint density at radius 2 is 2.14 bits per heavy atom. The number of hydrogen-bond acceptors (Lipinski definition) is 5. The molecule has 3 rings (SSSR count). The molecule has 0 amide bonds. The highest BCUT2D eigenvalue weighted by Gasteiger charge is 2.15. The lowest BCUT2D eigenvalue weighted by atomic mass is 10.1. The Labute approximate surface area is 124 Å². The van der Waals surface area contributed by atoms with Crippen molar-refractivity contribution in [2.45, 2.75) is 6.10 Å². The predicted molar refractivity (Wildman–Crippen MR) is 76.1 cm³/mol. The summed E-state index contributed by atoms with van der Waals surface area (Å²) in [5.74, 6) is -0.988. The Kier molecular flexibility index (Phi) is 3.68. The van der Waals surface area contributed by atoms with Crippen molar-refractivity contribution in [3.05, 3.63) is 47.9 Å². The number of anilines is 1. The number of nitrogens with one attached hydrogen (secondary N) is 1. The number of rotatable bonds is 4. The molecule has 22 heavy (non-hydrogen) atoms. The van der Waals surface area contributed by atoms with E-state index in [0.29, 0.717) is 16.9 Å². The maximum Gasteiger partial charge on any atom is 0.163 e. The van der Waals surface area contributed by atoms with Crippen LogP contribution in [0.2, 0.25) is 0 Å². The fourth-order valence-electron chi connectivity index (χ4n) is 2.18. The first-order chi connectivity index (χ1) is 10.6. The summed E-state index contributed by atoms with van der Waals surface area (Å²) in [5, 5.41) is 17.7. The van der Waals surface area contributed by atoms with Gasteiger partial charge in [-0.1, -0.05) is 6.07 Å². The molecule has 0 unspecified atom stereocenters. The minimum Gasteiger partial charge on any atom is -0.386 e. The van der Waals surface area contributed by atoms with Crippen LogP contribution >= 0.6 is 0 Å². The van der Waals surface area contributed by atoms with Gasteiger partial charge in [-0.3, -0.25) is 4.68 Å². The van der Waals surface area contributed by atoms with E-state index in [1.165, 1.54) is 12.4 Å². The van der Waals surface area contributed by atoms with Crippen LogP contribution in [0.1, 0.15) is 11.7 Å². The number of benzene rings is 1. The van der Waals surface area contributed by atoms with Gasteiger partial charge in [-0.25, -0.2) is 18.7 Å². The van der Waals surface area contributed by atoms with Gasteiger partial charge in [0.05, 0.1) is 17.7 Å². The van der Waals surface area contributed by atoms with Gasteiger partial charge in [-0.15, -0.1) is 0 Å². The highest BCUT2D eigenvalue weighted by Crippen LogP contribution is 2.21. The Hall–Kier alpha value is -2.61. The molecule has 0 saturated carbocycles. The lowest BCUT2D eigenvalue weighted by Gasteiger charge is -2.13. The van der Waals surface area contributed by atoms with Crippen LogP contribution in [0, 0.1) is 11.6 Å². The van der Waals surface area contributed by atoms with Gasteiger partial charge in [0.1, 0.15) is 23.8 Å². The third kappa shape index (κ3) is 2.60. The molecule has 6 nitrogen and oxygen atoms in total. The second-order valence-electron chi connectivity index (χ2n) is 4.79. The number of hydrogen-bond donors (Lipinski definition) is 2. The first-order valence-electron chi connectivity index (χ1n) is 6.56. The Bertz CT molecular complexity index is 820. The molecule has 0 aliphatic rings. The van der Waals surface area contributed by atoms with E-state index in [0.717, 1.165) is 12.1 Å². The van der Waals surface area contributed by atoms with Crippen LogP contribution in [0.15, 0.2) is 30.7 Å². The van der Waals surface area contributed by atoms with Gasteiger partial charge < -0.3 is 10.4 Å². The largest absolute Gasteiger partial charge is 0.386 e. The Morgan fingerprint density at radius 1 is 1.32 bits per heavy atom. The van der Waals surface area contributed by atoms with Crippen LogP contribution in [0.25, 0.3) is 11.0 Å². The quantitative estimate of drug-likeness (QED) is 0.768. The second-order valence-corrected chi connectivity index (χ2v) is 4.79. The second kappa shape index (κ2) is 5.64. The van der Waals surface area contributed by atoms with Crippen molar-refractivity contribution in [2.75, 3.05) is 11.9 Å². The summed E-state index contributed by atoms with van der Waals surface area (Å²) in [6.45, 7) is 0.0174. The summed E-state index contributed by atoms with van der Waals surface area (Å²) in [6, 6.07) is 3.06. The van der Waals surface area contributed by atoms with Crippen LogP contribution < -0.4 is 5.32 Å². The average Bonchev–Trinajstić information content (AvgIpc) is 2.87. The highest BCUT2D eigenvalue weighted by atomic mass is 19.1. The van der Waals surface area contributed by atoms with E-state index in [4.69, 9.17) is 0 Å². The lowest BCUT2D eigenvalue weighted by Crippen LogP contribution is -2.14. The first kappa shape index (κ1) is 14.3. The van der Waals surface area contributed by atoms with E-state index in [2.05, 4.69) is 20.4 Å². The molecular formula is C14H13F2N5O. The zero-order valence-corrected chi connectivity index (χ0v) is 11.7. The summed E-state index contributed by atoms with van der Waals surface area (Å²) in [5.41, 5.74) is 0.658. The van der Waals surface area contributed by atoms with E-state index in [1.54, 1.807) is 17.9 Å². The van der Waals surface area contributed by atoms with Crippen LogP contribution in [-0.4, -0.2) is 31.4 Å². The molecule has 8 heteroatoms. The van der Waals surface area contributed by atoms with Gasteiger partial charge in [0.15, 0.2) is 5.65 Å². The predicted octanol–water partition coefficient (Wildman–Crippen LogP) is 1.79. The van der Waals surface area contributed by atoms with E-state index in [-0.39, 0.29) is 12.1 Å². The molecular weight excluding hydrogens is 292 g/mol. The molecule has 3 aromatic rings.